The lowest BCUT2D eigenvalue weighted by Crippen LogP contribution is -2.46. The van der Waals surface area contributed by atoms with Crippen LogP contribution in [0.1, 0.15) is 96.4 Å². The fourth-order valence-electron chi connectivity index (χ4n) is 9.49. The number of nitrogens with one attached hydrogen (secondary N) is 2. The number of carbonyl (C=O) groups is 3. The van der Waals surface area contributed by atoms with Gasteiger partial charge in [0.25, 0.3) is 5.91 Å². The van der Waals surface area contributed by atoms with Crippen LogP contribution in [0.15, 0.2) is 79.1 Å². The summed E-state index contributed by atoms with van der Waals surface area (Å²) in [5, 5.41) is 6.64. The standard InChI is InChI=1S/C46H54N10O3/c1-52(2)45(59)40-27-35-28-48-46(51-43(35)56(40)37-5-3-4-6-37)49-41-17-15-38(29-47-41)55-25-23-54(24-26-55)36-13-7-31(8-14-36)30-53-21-19-33(20-22-53)32-9-11-34(12-10-32)39-16-18-42(57)50-44(39)58/h7-15,17,27-29,33,37,39H,3-6,16,18-26,30H2,1-2H3,(H,50,57,58)(H,47,48,49,51). The highest BCUT2D eigenvalue weighted by molar-refractivity contribution is 6.01. The van der Waals surface area contributed by atoms with Crippen molar-refractivity contribution in [3.8, 4) is 0 Å². The number of anilines is 4. The van der Waals surface area contributed by atoms with Crippen LogP contribution >= 0.6 is 0 Å². The van der Waals surface area contributed by atoms with Crippen LogP contribution in [-0.4, -0.2) is 100 Å². The quantitative estimate of drug-likeness (QED) is 0.149. The highest BCUT2D eigenvalue weighted by Gasteiger charge is 2.29. The summed E-state index contributed by atoms with van der Waals surface area (Å²) in [5.74, 6) is 1.08. The summed E-state index contributed by atoms with van der Waals surface area (Å²) in [4.78, 5) is 60.2. The minimum absolute atomic E-state index is 0.0181. The molecule has 0 spiro atoms. The van der Waals surface area contributed by atoms with Gasteiger partial charge >= 0.3 is 0 Å². The maximum atomic E-state index is 13.1. The number of amides is 3. The number of pyridine rings is 1. The lowest BCUT2D eigenvalue weighted by atomic mass is 9.86. The Kier molecular flexibility index (Phi) is 11.0. The summed E-state index contributed by atoms with van der Waals surface area (Å²) >= 11 is 0. The van der Waals surface area contributed by atoms with E-state index in [2.05, 4.69) is 89.5 Å². The van der Waals surface area contributed by atoms with Gasteiger partial charge in [0.2, 0.25) is 17.8 Å². The molecule has 3 aliphatic heterocycles. The Balaban J connectivity index is 0.746. The van der Waals surface area contributed by atoms with Crippen LogP contribution < -0.4 is 20.4 Å². The van der Waals surface area contributed by atoms with Crippen LogP contribution in [0.3, 0.4) is 0 Å². The number of rotatable bonds is 10. The number of benzene rings is 2. The molecule has 59 heavy (non-hydrogen) atoms. The fourth-order valence-corrected chi connectivity index (χ4v) is 9.49. The van der Waals surface area contributed by atoms with Crippen molar-refractivity contribution in [1.82, 2.24) is 34.6 Å². The number of carbonyl (C=O) groups excluding carboxylic acids is 3. The minimum atomic E-state index is -0.228. The molecule has 13 nitrogen and oxygen atoms in total. The molecule has 5 aromatic rings. The Morgan fingerprint density at radius 1 is 0.780 bits per heavy atom. The van der Waals surface area contributed by atoms with Crippen molar-refractivity contribution < 1.29 is 14.4 Å². The number of piperazine rings is 1. The van der Waals surface area contributed by atoms with Crippen LogP contribution in [-0.2, 0) is 16.1 Å². The molecular formula is C46H54N10O3. The molecule has 306 valence electrons. The molecule has 0 bridgehead atoms. The number of fused-ring (bicyclic) bond motifs is 1. The number of hydrogen-bond acceptors (Lipinski definition) is 10. The first kappa shape index (κ1) is 38.7. The van der Waals surface area contributed by atoms with Gasteiger partial charge in [0.1, 0.15) is 17.2 Å². The molecule has 3 saturated heterocycles. The average molecular weight is 795 g/mol. The summed E-state index contributed by atoms with van der Waals surface area (Å²) in [6.45, 7) is 6.79. The van der Waals surface area contributed by atoms with E-state index in [9.17, 15) is 14.4 Å². The summed E-state index contributed by atoms with van der Waals surface area (Å²) < 4.78 is 2.13. The van der Waals surface area contributed by atoms with Crippen molar-refractivity contribution in [3.63, 3.8) is 0 Å². The Labute approximate surface area is 345 Å². The molecule has 13 heteroatoms. The molecule has 3 amide bonds. The Morgan fingerprint density at radius 2 is 1.46 bits per heavy atom. The summed E-state index contributed by atoms with van der Waals surface area (Å²) in [6, 6.07) is 23.9. The maximum absolute atomic E-state index is 13.1. The van der Waals surface area contributed by atoms with Gasteiger partial charge in [-0.3, -0.25) is 24.6 Å². The van der Waals surface area contributed by atoms with E-state index in [1.807, 2.05) is 18.3 Å². The van der Waals surface area contributed by atoms with Crippen molar-refractivity contribution in [2.45, 2.75) is 75.8 Å². The Bertz CT molecular complexity index is 2280. The van der Waals surface area contributed by atoms with Crippen molar-refractivity contribution >= 4 is 51.9 Å². The van der Waals surface area contributed by atoms with Gasteiger partial charge < -0.3 is 24.6 Å². The second-order valence-electron chi connectivity index (χ2n) is 16.9. The van der Waals surface area contributed by atoms with Crippen LogP contribution in [0.4, 0.5) is 23.1 Å². The number of aromatic nitrogens is 4. The number of piperidine rings is 2. The highest BCUT2D eigenvalue weighted by atomic mass is 16.2. The Morgan fingerprint density at radius 3 is 2.12 bits per heavy atom. The number of likely N-dealkylation sites (tertiary alicyclic amines) is 1. The van der Waals surface area contributed by atoms with Crippen molar-refractivity contribution in [2.24, 2.45) is 0 Å². The largest absolute Gasteiger partial charge is 0.368 e. The normalized spacial score (nSPS) is 19.7. The van der Waals surface area contributed by atoms with E-state index in [-0.39, 0.29) is 29.7 Å². The zero-order chi connectivity index (χ0) is 40.5. The summed E-state index contributed by atoms with van der Waals surface area (Å²) in [7, 11) is 3.58. The fraction of sp³-hybridized carbons (Fsp3) is 0.435. The minimum Gasteiger partial charge on any atom is -0.368 e. The van der Waals surface area contributed by atoms with Crippen LogP contribution in [0.5, 0.6) is 0 Å². The predicted octanol–water partition coefficient (Wildman–Crippen LogP) is 6.61. The molecule has 0 radical (unpaired) electrons. The lowest BCUT2D eigenvalue weighted by Gasteiger charge is -2.37. The smallest absolute Gasteiger partial charge is 0.270 e. The van der Waals surface area contributed by atoms with Gasteiger partial charge in [-0.25, -0.2) is 9.97 Å². The molecule has 4 fully saturated rings. The monoisotopic (exact) mass is 794 g/mol. The van der Waals surface area contributed by atoms with Gasteiger partial charge in [0, 0.05) is 76.6 Å². The molecule has 9 rings (SSSR count). The molecule has 2 aromatic carbocycles. The van der Waals surface area contributed by atoms with E-state index in [4.69, 9.17) is 9.97 Å². The van der Waals surface area contributed by atoms with E-state index in [1.165, 1.54) is 16.8 Å². The van der Waals surface area contributed by atoms with E-state index in [0.717, 1.165) is 107 Å². The van der Waals surface area contributed by atoms with Gasteiger partial charge in [-0.1, -0.05) is 49.2 Å². The van der Waals surface area contributed by atoms with Gasteiger partial charge in [0.15, 0.2) is 0 Å². The predicted molar refractivity (Wildman–Crippen MR) is 230 cm³/mol. The first-order valence-electron chi connectivity index (χ1n) is 21.3. The third kappa shape index (κ3) is 8.38. The molecular weight excluding hydrogens is 741 g/mol. The summed E-state index contributed by atoms with van der Waals surface area (Å²) in [6.07, 6.45) is 11.4. The van der Waals surface area contributed by atoms with E-state index in [1.54, 1.807) is 25.2 Å². The van der Waals surface area contributed by atoms with Crippen molar-refractivity contribution in [2.75, 3.05) is 68.5 Å². The van der Waals surface area contributed by atoms with Gasteiger partial charge in [-0.05, 0) is 98.1 Å². The molecule has 3 aromatic heterocycles. The molecule has 4 aliphatic rings. The molecule has 1 aliphatic carbocycles. The SMILES string of the molecule is CN(C)C(=O)c1cc2cnc(Nc3ccc(N4CCN(c5ccc(CN6CCC(c7ccc(C8CCC(=O)NC8=O)cc7)CC6)cc5)CC4)cn3)nc2n1C1CCCC1. The van der Waals surface area contributed by atoms with Gasteiger partial charge in [0.05, 0.1) is 17.8 Å². The molecule has 2 N–H and O–H groups in total. The molecule has 6 heterocycles. The van der Waals surface area contributed by atoms with Crippen LogP contribution in [0.2, 0.25) is 0 Å². The molecule has 1 atom stereocenters. The molecule has 1 unspecified atom stereocenters. The van der Waals surface area contributed by atoms with E-state index < -0.39 is 0 Å². The van der Waals surface area contributed by atoms with E-state index in [0.29, 0.717) is 36.2 Å². The highest BCUT2D eigenvalue weighted by Crippen LogP contribution is 2.36. The van der Waals surface area contributed by atoms with Crippen molar-refractivity contribution in [1.29, 1.82) is 0 Å². The second kappa shape index (κ2) is 16.8. The number of imide groups is 1. The summed E-state index contributed by atoms with van der Waals surface area (Å²) in [5.41, 5.74) is 7.50. The van der Waals surface area contributed by atoms with Crippen molar-refractivity contribution in [3.05, 3.63) is 102 Å². The van der Waals surface area contributed by atoms with Gasteiger partial charge in [-0.15, -0.1) is 0 Å². The third-order valence-corrected chi connectivity index (χ3v) is 12.9. The number of hydrogen-bond donors (Lipinski definition) is 2. The molecule has 1 saturated carbocycles. The van der Waals surface area contributed by atoms with Gasteiger partial charge in [-0.2, -0.15) is 4.98 Å². The van der Waals surface area contributed by atoms with Crippen LogP contribution in [0.25, 0.3) is 11.0 Å². The van der Waals surface area contributed by atoms with E-state index >= 15 is 0 Å². The average Bonchev–Trinajstić information content (AvgIpc) is 3.93. The Hall–Kier alpha value is -5.82. The first-order valence-corrected chi connectivity index (χ1v) is 21.3. The van der Waals surface area contributed by atoms with Crippen LogP contribution in [0, 0.1) is 0 Å². The second-order valence-corrected chi connectivity index (χ2v) is 16.9. The number of nitrogens with zero attached hydrogens (tertiary/aromatic N) is 8. The third-order valence-electron chi connectivity index (χ3n) is 12.9. The topological polar surface area (TPSA) is 132 Å². The lowest BCUT2D eigenvalue weighted by molar-refractivity contribution is -0.134. The maximum Gasteiger partial charge on any atom is 0.270 e. The zero-order valence-electron chi connectivity index (χ0n) is 34.1. The first-order chi connectivity index (χ1) is 28.8. The zero-order valence-corrected chi connectivity index (χ0v) is 34.1.